The van der Waals surface area contributed by atoms with Gasteiger partial charge < -0.3 is 8.83 Å². The number of benzene rings is 8. The van der Waals surface area contributed by atoms with Crippen LogP contribution in [0.5, 0.6) is 0 Å². The first-order chi connectivity index (χ1) is 29.3. The molecule has 0 spiro atoms. The van der Waals surface area contributed by atoms with Crippen LogP contribution in [0.1, 0.15) is 45.2 Å². The molecule has 15 rings (SSSR count). The Labute approximate surface area is 336 Å². The fraction of sp³-hybridized carbons (Fsp3) is 0.0377. The highest BCUT2D eigenvalue weighted by Crippen LogP contribution is 2.58. The topological polar surface area (TPSA) is 69.9 Å². The second kappa shape index (κ2) is 11.4. The van der Waals surface area contributed by atoms with Crippen LogP contribution in [-0.2, 0) is 0 Å². The molecule has 0 fully saturated rings. The van der Waals surface area contributed by atoms with E-state index in [4.69, 9.17) is 23.8 Å². The molecule has 0 amide bonds. The zero-order chi connectivity index (χ0) is 38.3. The summed E-state index contributed by atoms with van der Waals surface area (Å²) in [5.74, 6) is 1.96. The highest BCUT2D eigenvalue weighted by molar-refractivity contribution is 6.14. The second-order valence-corrected chi connectivity index (χ2v) is 15.8. The number of hydrogen-bond donors (Lipinski definition) is 0. The lowest BCUT2D eigenvalue weighted by Crippen LogP contribution is -2.27. The van der Waals surface area contributed by atoms with Gasteiger partial charge in [0.15, 0.2) is 11.6 Å². The number of fused-ring (bicyclic) bond motifs is 9. The Morgan fingerprint density at radius 3 is 1.44 bits per heavy atom. The minimum absolute atomic E-state index is 0.105. The maximum Gasteiger partial charge on any atom is 0.238 e. The molecule has 4 aromatic heterocycles. The lowest BCUT2D eigenvalue weighted by Gasteiger charge is -2.42. The van der Waals surface area contributed by atoms with Gasteiger partial charge in [0.25, 0.3) is 0 Å². The van der Waals surface area contributed by atoms with Gasteiger partial charge in [-0.1, -0.05) is 133 Å². The number of para-hydroxylation sites is 3. The van der Waals surface area contributed by atoms with Crippen LogP contribution in [0.25, 0.3) is 94.4 Å². The molecule has 0 saturated heterocycles. The number of nitrogens with zero attached hydrogens (tertiary/aromatic N) is 4. The summed E-state index contributed by atoms with van der Waals surface area (Å²) in [6, 6.07) is 60.0. The third-order valence-electron chi connectivity index (χ3n) is 12.9. The highest BCUT2D eigenvalue weighted by atomic mass is 16.3. The van der Waals surface area contributed by atoms with Crippen LogP contribution in [-0.4, -0.2) is 19.5 Å². The van der Waals surface area contributed by atoms with Crippen molar-refractivity contribution in [1.82, 2.24) is 19.5 Å². The van der Waals surface area contributed by atoms with Crippen molar-refractivity contribution in [3.05, 3.63) is 203 Å². The second-order valence-electron chi connectivity index (χ2n) is 15.8. The monoisotopic (exact) mass is 754 g/mol. The Morgan fingerprint density at radius 2 is 0.847 bits per heavy atom. The number of rotatable bonds is 3. The molecular weight excluding hydrogens is 725 g/mol. The molecule has 0 atom stereocenters. The minimum atomic E-state index is 0.105. The van der Waals surface area contributed by atoms with E-state index in [-0.39, 0.29) is 11.8 Å². The van der Waals surface area contributed by atoms with Gasteiger partial charge in [-0.15, -0.1) is 0 Å². The van der Waals surface area contributed by atoms with Gasteiger partial charge in [-0.2, -0.15) is 9.97 Å². The summed E-state index contributed by atoms with van der Waals surface area (Å²) < 4.78 is 15.0. The van der Waals surface area contributed by atoms with E-state index in [0.717, 1.165) is 66.0 Å². The Morgan fingerprint density at radius 1 is 0.356 bits per heavy atom. The van der Waals surface area contributed by atoms with E-state index in [2.05, 4.69) is 114 Å². The zero-order valence-electron chi connectivity index (χ0n) is 31.4. The Balaban J connectivity index is 1.10. The van der Waals surface area contributed by atoms with Crippen molar-refractivity contribution in [3.63, 3.8) is 0 Å². The maximum absolute atomic E-state index is 6.38. The summed E-state index contributed by atoms with van der Waals surface area (Å²) in [5, 5.41) is 6.40. The fourth-order valence-corrected chi connectivity index (χ4v) is 10.6. The van der Waals surface area contributed by atoms with Crippen LogP contribution < -0.4 is 0 Å². The molecule has 6 nitrogen and oxygen atoms in total. The Kier molecular flexibility index (Phi) is 6.04. The molecule has 0 unspecified atom stereocenters. The summed E-state index contributed by atoms with van der Waals surface area (Å²) in [7, 11) is 0. The van der Waals surface area contributed by atoms with Crippen molar-refractivity contribution >= 4 is 65.7 Å². The molecule has 0 radical (unpaired) electrons. The predicted octanol–water partition coefficient (Wildman–Crippen LogP) is 13.1. The molecule has 4 heterocycles. The lowest BCUT2D eigenvalue weighted by molar-refractivity contribution is 0.668. The van der Waals surface area contributed by atoms with E-state index in [1.165, 1.54) is 44.2 Å². The molecule has 8 aromatic carbocycles. The van der Waals surface area contributed by atoms with Crippen LogP contribution in [0.3, 0.4) is 0 Å². The molecule has 0 N–H and O–H groups in total. The minimum Gasteiger partial charge on any atom is -0.456 e. The average Bonchev–Trinajstić information content (AvgIpc) is 3.98. The molecular formula is C53H30N4O2. The van der Waals surface area contributed by atoms with E-state index in [1.807, 2.05) is 60.7 Å². The van der Waals surface area contributed by atoms with Gasteiger partial charge in [-0.05, 0) is 69.8 Å². The number of aromatic nitrogens is 4. The van der Waals surface area contributed by atoms with Crippen molar-refractivity contribution in [2.75, 3.05) is 0 Å². The fourth-order valence-electron chi connectivity index (χ4n) is 10.6. The molecule has 3 aliphatic carbocycles. The molecule has 274 valence electrons. The molecule has 0 saturated carbocycles. The smallest absolute Gasteiger partial charge is 0.238 e. The molecule has 0 aliphatic heterocycles. The van der Waals surface area contributed by atoms with Crippen LogP contribution in [0.15, 0.2) is 179 Å². The SMILES string of the molecule is c1ccc2c(c1)C1c3ccccc3C2c2c1ccc1c2c2ccccc2n1-c1nc(-c2cccc3oc4ccccc4c23)nc(-c2cccc3oc4ccccc4c23)n1. The first kappa shape index (κ1) is 31.3. The molecule has 2 bridgehead atoms. The molecule has 6 heteroatoms. The third kappa shape index (κ3) is 4.12. The van der Waals surface area contributed by atoms with E-state index in [1.54, 1.807) is 0 Å². The van der Waals surface area contributed by atoms with Crippen LogP contribution >= 0.6 is 0 Å². The first-order valence-corrected chi connectivity index (χ1v) is 20.1. The molecule has 3 aliphatic rings. The Bertz CT molecular complexity index is 3600. The molecule has 12 aromatic rings. The van der Waals surface area contributed by atoms with Crippen LogP contribution in [0, 0.1) is 0 Å². The van der Waals surface area contributed by atoms with E-state index in [0.29, 0.717) is 17.6 Å². The summed E-state index contributed by atoms with van der Waals surface area (Å²) in [6.07, 6.45) is 0. The highest BCUT2D eigenvalue weighted by Gasteiger charge is 2.42. The van der Waals surface area contributed by atoms with Crippen LogP contribution in [0.2, 0.25) is 0 Å². The van der Waals surface area contributed by atoms with Gasteiger partial charge in [-0.3, -0.25) is 4.57 Å². The number of furan rings is 2. The maximum atomic E-state index is 6.38. The normalized spacial score (nSPS) is 15.5. The van der Waals surface area contributed by atoms with Gasteiger partial charge in [0.2, 0.25) is 5.95 Å². The van der Waals surface area contributed by atoms with E-state index >= 15 is 0 Å². The standard InChI is InChI=1S/C53H30N4O2/c1-3-15-31-29(13-1)45-30-14-2-4-16-32(30)48(31)50-36(45)27-28-40-49(50)33-17-5-8-22-39(33)57(40)53-55-51(37-20-11-25-43-46(37)34-18-6-9-23-41(34)58-43)54-52(56-53)38-21-12-26-44-47(38)35-19-7-10-24-42(35)59-44/h1-28,45,48H. The van der Waals surface area contributed by atoms with Crippen molar-refractivity contribution in [1.29, 1.82) is 0 Å². The lowest BCUT2D eigenvalue weighted by atomic mass is 9.60. The summed E-state index contributed by atoms with van der Waals surface area (Å²) in [5.41, 5.74) is 15.4. The summed E-state index contributed by atoms with van der Waals surface area (Å²) >= 11 is 0. The quantitative estimate of drug-likeness (QED) is 0.180. The van der Waals surface area contributed by atoms with Crippen molar-refractivity contribution in [2.24, 2.45) is 0 Å². The van der Waals surface area contributed by atoms with Crippen molar-refractivity contribution in [3.8, 4) is 28.7 Å². The van der Waals surface area contributed by atoms with Crippen LogP contribution in [0.4, 0.5) is 0 Å². The molecule has 59 heavy (non-hydrogen) atoms. The van der Waals surface area contributed by atoms with Gasteiger partial charge in [0.05, 0.1) is 11.0 Å². The van der Waals surface area contributed by atoms with Crippen molar-refractivity contribution < 1.29 is 8.83 Å². The van der Waals surface area contributed by atoms with Crippen molar-refractivity contribution in [2.45, 2.75) is 11.8 Å². The predicted molar refractivity (Wildman–Crippen MR) is 234 cm³/mol. The van der Waals surface area contributed by atoms with E-state index < -0.39 is 0 Å². The zero-order valence-corrected chi connectivity index (χ0v) is 31.4. The van der Waals surface area contributed by atoms with Gasteiger partial charge in [0, 0.05) is 55.3 Å². The van der Waals surface area contributed by atoms with Gasteiger partial charge in [0.1, 0.15) is 22.3 Å². The summed E-state index contributed by atoms with van der Waals surface area (Å²) in [6.45, 7) is 0. The first-order valence-electron chi connectivity index (χ1n) is 20.1. The van der Waals surface area contributed by atoms with E-state index in [9.17, 15) is 0 Å². The largest absolute Gasteiger partial charge is 0.456 e. The Hall–Kier alpha value is -7.83. The third-order valence-corrected chi connectivity index (χ3v) is 12.9. The average molecular weight is 755 g/mol. The number of hydrogen-bond acceptors (Lipinski definition) is 5. The van der Waals surface area contributed by atoms with Gasteiger partial charge >= 0.3 is 0 Å². The summed E-state index contributed by atoms with van der Waals surface area (Å²) in [4.78, 5) is 16.2. The van der Waals surface area contributed by atoms with Gasteiger partial charge in [-0.25, -0.2) is 4.98 Å².